The Kier molecular flexibility index (Phi) is 4.89. The van der Waals surface area contributed by atoms with Crippen molar-refractivity contribution in [1.29, 1.82) is 0 Å². The molecule has 122 valence electrons. The van der Waals surface area contributed by atoms with Gasteiger partial charge in [0.05, 0.1) is 24.1 Å². The van der Waals surface area contributed by atoms with E-state index in [9.17, 15) is 9.90 Å². The van der Waals surface area contributed by atoms with Gasteiger partial charge in [-0.3, -0.25) is 0 Å². The normalized spacial score (nSPS) is 11.2. The highest BCUT2D eigenvalue weighted by atomic mass is 16.5. The minimum Gasteiger partial charge on any atom is -0.507 e. The lowest BCUT2D eigenvalue weighted by Crippen LogP contribution is -2.06. The summed E-state index contributed by atoms with van der Waals surface area (Å²) in [6.45, 7) is 9.62. The van der Waals surface area contributed by atoms with E-state index in [2.05, 4.69) is 5.10 Å². The molecule has 0 bridgehead atoms. The number of rotatable bonds is 4. The predicted octanol–water partition coefficient (Wildman–Crippen LogP) is 3.49. The maximum absolute atomic E-state index is 11.9. The zero-order valence-electron chi connectivity index (χ0n) is 14.2. The lowest BCUT2D eigenvalue weighted by molar-refractivity contribution is 0.0525. The predicted molar refractivity (Wildman–Crippen MR) is 90.4 cm³/mol. The standard InChI is InChI=1S/C18H22N2O3/c1-6-23-18(22)16-9-13(4)20(14(16)5)19-10-15-8-11(2)7-12(3)17(15)21/h7-10,21H,6H2,1-5H3/b19-10-. The average molecular weight is 314 g/mol. The summed E-state index contributed by atoms with van der Waals surface area (Å²) in [5, 5.41) is 14.5. The number of hydrogen-bond acceptors (Lipinski definition) is 4. The van der Waals surface area contributed by atoms with Crippen molar-refractivity contribution in [3.8, 4) is 5.75 Å². The molecule has 5 heteroatoms. The van der Waals surface area contributed by atoms with Crippen LogP contribution in [-0.2, 0) is 4.74 Å². The Labute approximate surface area is 136 Å². The quantitative estimate of drug-likeness (QED) is 0.694. The maximum Gasteiger partial charge on any atom is 0.340 e. The summed E-state index contributed by atoms with van der Waals surface area (Å²) < 4.78 is 6.72. The molecule has 2 rings (SSSR count). The van der Waals surface area contributed by atoms with E-state index >= 15 is 0 Å². The van der Waals surface area contributed by atoms with Crippen molar-refractivity contribution >= 4 is 12.2 Å². The highest BCUT2D eigenvalue weighted by Crippen LogP contribution is 2.22. The van der Waals surface area contributed by atoms with E-state index in [1.54, 1.807) is 23.9 Å². The fourth-order valence-electron chi connectivity index (χ4n) is 2.56. The molecule has 0 unspecified atom stereocenters. The molecule has 5 nitrogen and oxygen atoms in total. The largest absolute Gasteiger partial charge is 0.507 e. The Morgan fingerprint density at radius 1 is 1.26 bits per heavy atom. The second-order valence-corrected chi connectivity index (χ2v) is 5.58. The summed E-state index contributed by atoms with van der Waals surface area (Å²) in [7, 11) is 0. The molecule has 0 fully saturated rings. The number of carbonyl (C=O) groups excluding carboxylic acids is 1. The van der Waals surface area contributed by atoms with Gasteiger partial charge in [0.1, 0.15) is 5.75 Å². The number of esters is 1. The molecular formula is C18H22N2O3. The first-order chi connectivity index (χ1) is 10.8. The molecular weight excluding hydrogens is 292 g/mol. The molecule has 1 aromatic carbocycles. The van der Waals surface area contributed by atoms with Gasteiger partial charge in [-0.25, -0.2) is 9.47 Å². The molecule has 0 aliphatic rings. The van der Waals surface area contributed by atoms with E-state index in [-0.39, 0.29) is 11.7 Å². The van der Waals surface area contributed by atoms with Gasteiger partial charge in [-0.05, 0) is 57.9 Å². The Morgan fingerprint density at radius 2 is 1.96 bits per heavy atom. The number of hydrogen-bond donors (Lipinski definition) is 1. The number of benzene rings is 1. The fraction of sp³-hybridized carbons (Fsp3) is 0.333. The molecule has 1 N–H and O–H groups in total. The summed E-state index contributed by atoms with van der Waals surface area (Å²) in [5.41, 5.74) is 4.54. The summed E-state index contributed by atoms with van der Waals surface area (Å²) >= 11 is 0. The van der Waals surface area contributed by atoms with Gasteiger partial charge in [0, 0.05) is 11.3 Å². The number of phenols is 1. The number of aryl methyl sites for hydroxylation is 3. The first kappa shape index (κ1) is 16.8. The van der Waals surface area contributed by atoms with Gasteiger partial charge in [0.15, 0.2) is 0 Å². The van der Waals surface area contributed by atoms with Gasteiger partial charge >= 0.3 is 5.97 Å². The van der Waals surface area contributed by atoms with Crippen LogP contribution in [0, 0.1) is 27.7 Å². The minimum absolute atomic E-state index is 0.215. The molecule has 23 heavy (non-hydrogen) atoms. The van der Waals surface area contributed by atoms with Crippen molar-refractivity contribution in [1.82, 2.24) is 4.68 Å². The molecule has 0 saturated heterocycles. The third-order valence-corrected chi connectivity index (χ3v) is 3.68. The van der Waals surface area contributed by atoms with E-state index in [0.29, 0.717) is 23.4 Å². The Morgan fingerprint density at radius 3 is 2.61 bits per heavy atom. The van der Waals surface area contributed by atoms with Gasteiger partial charge in [0.2, 0.25) is 0 Å². The number of aromatic hydroxyl groups is 1. The molecule has 1 heterocycles. The molecule has 0 radical (unpaired) electrons. The van der Waals surface area contributed by atoms with Crippen molar-refractivity contribution in [3.05, 3.63) is 51.8 Å². The van der Waals surface area contributed by atoms with Crippen LogP contribution in [0.4, 0.5) is 0 Å². The topological polar surface area (TPSA) is 63.8 Å². The van der Waals surface area contributed by atoms with Crippen LogP contribution in [0.1, 0.15) is 45.4 Å². The Balaban J connectivity index is 2.39. The van der Waals surface area contributed by atoms with Crippen molar-refractivity contribution in [2.75, 3.05) is 6.61 Å². The van der Waals surface area contributed by atoms with E-state index in [0.717, 1.165) is 16.8 Å². The zero-order valence-corrected chi connectivity index (χ0v) is 14.2. The number of carbonyl (C=O) groups is 1. The second kappa shape index (κ2) is 6.69. The van der Waals surface area contributed by atoms with Crippen LogP contribution < -0.4 is 0 Å². The summed E-state index contributed by atoms with van der Waals surface area (Å²) in [6.07, 6.45) is 1.60. The third kappa shape index (κ3) is 3.44. The molecule has 2 aromatic rings. The van der Waals surface area contributed by atoms with Crippen molar-refractivity contribution in [3.63, 3.8) is 0 Å². The third-order valence-electron chi connectivity index (χ3n) is 3.68. The lowest BCUT2D eigenvalue weighted by Gasteiger charge is -2.06. The molecule has 0 atom stereocenters. The van der Waals surface area contributed by atoms with Gasteiger partial charge < -0.3 is 9.84 Å². The van der Waals surface area contributed by atoms with Crippen LogP contribution in [0.15, 0.2) is 23.3 Å². The van der Waals surface area contributed by atoms with Crippen LogP contribution in [0.2, 0.25) is 0 Å². The number of phenolic OH excluding ortho intramolecular Hbond substituents is 1. The zero-order chi connectivity index (χ0) is 17.1. The molecule has 0 spiro atoms. The summed E-state index contributed by atoms with van der Waals surface area (Å²) in [5.74, 6) is -0.135. The smallest absolute Gasteiger partial charge is 0.340 e. The Bertz CT molecular complexity index is 773. The van der Waals surface area contributed by atoms with Crippen LogP contribution in [0.25, 0.3) is 0 Å². The first-order valence-electron chi connectivity index (χ1n) is 7.55. The Hall–Kier alpha value is -2.56. The minimum atomic E-state index is -0.351. The van der Waals surface area contributed by atoms with Crippen molar-refractivity contribution in [2.24, 2.45) is 5.10 Å². The number of aromatic nitrogens is 1. The van der Waals surface area contributed by atoms with Gasteiger partial charge in [0.25, 0.3) is 0 Å². The monoisotopic (exact) mass is 314 g/mol. The lowest BCUT2D eigenvalue weighted by atomic mass is 10.1. The van der Waals surface area contributed by atoms with E-state index in [1.807, 2.05) is 39.8 Å². The van der Waals surface area contributed by atoms with Crippen LogP contribution in [0.3, 0.4) is 0 Å². The molecule has 0 aliphatic heterocycles. The average Bonchev–Trinajstić information content (AvgIpc) is 2.77. The van der Waals surface area contributed by atoms with Crippen LogP contribution >= 0.6 is 0 Å². The van der Waals surface area contributed by atoms with Crippen LogP contribution in [0.5, 0.6) is 5.75 Å². The summed E-state index contributed by atoms with van der Waals surface area (Å²) in [6, 6.07) is 5.54. The molecule has 1 aromatic heterocycles. The van der Waals surface area contributed by atoms with Gasteiger partial charge in [-0.2, -0.15) is 5.10 Å². The highest BCUT2D eigenvalue weighted by Gasteiger charge is 2.16. The van der Waals surface area contributed by atoms with Gasteiger partial charge in [-0.15, -0.1) is 0 Å². The van der Waals surface area contributed by atoms with E-state index in [1.165, 1.54) is 0 Å². The van der Waals surface area contributed by atoms with E-state index in [4.69, 9.17) is 4.74 Å². The second-order valence-electron chi connectivity index (χ2n) is 5.58. The summed E-state index contributed by atoms with van der Waals surface area (Å²) in [4.78, 5) is 11.9. The molecule has 0 amide bonds. The number of nitrogens with zero attached hydrogens (tertiary/aromatic N) is 2. The van der Waals surface area contributed by atoms with Crippen molar-refractivity contribution < 1.29 is 14.6 Å². The van der Waals surface area contributed by atoms with Crippen LogP contribution in [-0.4, -0.2) is 28.6 Å². The van der Waals surface area contributed by atoms with Gasteiger partial charge in [-0.1, -0.05) is 6.07 Å². The molecule has 0 saturated carbocycles. The molecule has 0 aliphatic carbocycles. The SMILES string of the molecule is CCOC(=O)c1cc(C)n(/N=C\c2cc(C)cc(C)c2O)c1C. The maximum atomic E-state index is 11.9. The highest BCUT2D eigenvalue weighted by molar-refractivity contribution is 5.91. The van der Waals surface area contributed by atoms with E-state index < -0.39 is 0 Å². The first-order valence-corrected chi connectivity index (χ1v) is 7.55. The fourth-order valence-corrected chi connectivity index (χ4v) is 2.56. The number of ether oxygens (including phenoxy) is 1. The van der Waals surface area contributed by atoms with Crippen molar-refractivity contribution in [2.45, 2.75) is 34.6 Å².